The molecule has 7 heteroatoms. The second kappa shape index (κ2) is 10.1. The van der Waals surface area contributed by atoms with Crippen LogP contribution in [0.3, 0.4) is 0 Å². The predicted molar refractivity (Wildman–Crippen MR) is 115 cm³/mol. The number of amides is 1. The smallest absolute Gasteiger partial charge is 0.257 e. The zero-order chi connectivity index (χ0) is 19.8. The summed E-state index contributed by atoms with van der Waals surface area (Å²) in [4.78, 5) is 14.6. The Morgan fingerprint density at radius 2 is 1.79 bits per heavy atom. The minimum absolute atomic E-state index is 0.260. The molecule has 0 saturated carbocycles. The van der Waals surface area contributed by atoms with Gasteiger partial charge in [-0.25, -0.2) is 0 Å². The molecular weight excluding hydrogens is 374 g/mol. The van der Waals surface area contributed by atoms with Crippen LogP contribution in [0.15, 0.2) is 48.5 Å². The van der Waals surface area contributed by atoms with Gasteiger partial charge in [0.05, 0.1) is 19.8 Å². The molecule has 1 fully saturated rings. The Morgan fingerprint density at radius 1 is 1.11 bits per heavy atom. The Morgan fingerprint density at radius 3 is 2.43 bits per heavy atom. The summed E-state index contributed by atoms with van der Waals surface area (Å²) in [6.45, 7) is 5.99. The Kier molecular flexibility index (Phi) is 7.22. The number of ether oxygens (including phenoxy) is 2. The maximum absolute atomic E-state index is 12.3. The van der Waals surface area contributed by atoms with Gasteiger partial charge in [0, 0.05) is 30.0 Å². The van der Waals surface area contributed by atoms with Crippen LogP contribution in [0.5, 0.6) is 5.75 Å². The lowest BCUT2D eigenvalue weighted by atomic mass is 10.2. The average Bonchev–Trinajstić information content (AvgIpc) is 2.73. The van der Waals surface area contributed by atoms with E-state index in [2.05, 4.69) is 15.5 Å². The highest BCUT2D eigenvalue weighted by Crippen LogP contribution is 2.19. The zero-order valence-electron chi connectivity index (χ0n) is 15.9. The van der Waals surface area contributed by atoms with Gasteiger partial charge in [0.1, 0.15) is 5.75 Å². The van der Waals surface area contributed by atoms with Crippen molar-refractivity contribution >= 4 is 34.6 Å². The van der Waals surface area contributed by atoms with E-state index in [0.29, 0.717) is 12.2 Å². The number of benzene rings is 2. The second-order valence-corrected chi connectivity index (χ2v) is 6.84. The summed E-state index contributed by atoms with van der Waals surface area (Å²) in [6.07, 6.45) is 0.940. The molecule has 0 spiro atoms. The highest BCUT2D eigenvalue weighted by molar-refractivity contribution is 7.80. The number of nitrogens with zero attached hydrogens (tertiary/aromatic N) is 1. The first-order chi connectivity index (χ1) is 13.7. The molecule has 0 atom stereocenters. The first kappa shape index (κ1) is 20.1. The van der Waals surface area contributed by atoms with E-state index in [4.69, 9.17) is 21.7 Å². The molecule has 0 bridgehead atoms. The van der Waals surface area contributed by atoms with Gasteiger partial charge in [-0.3, -0.25) is 10.1 Å². The molecule has 2 aromatic carbocycles. The van der Waals surface area contributed by atoms with Gasteiger partial charge in [-0.05, 0) is 67.2 Å². The van der Waals surface area contributed by atoms with Crippen LogP contribution in [0, 0.1) is 0 Å². The van der Waals surface area contributed by atoms with Gasteiger partial charge >= 0.3 is 0 Å². The monoisotopic (exact) mass is 399 g/mol. The molecule has 148 valence electrons. The van der Waals surface area contributed by atoms with Crippen LogP contribution in [0.1, 0.15) is 23.7 Å². The number of hydrogen-bond acceptors (Lipinski definition) is 5. The molecule has 1 aliphatic rings. The minimum Gasteiger partial charge on any atom is -0.494 e. The van der Waals surface area contributed by atoms with Crippen LogP contribution in [-0.4, -0.2) is 43.9 Å². The lowest BCUT2D eigenvalue weighted by Crippen LogP contribution is -2.36. The predicted octanol–water partition coefficient (Wildman–Crippen LogP) is 3.44. The molecule has 1 heterocycles. The first-order valence-electron chi connectivity index (χ1n) is 9.43. The second-order valence-electron chi connectivity index (χ2n) is 6.43. The summed E-state index contributed by atoms with van der Waals surface area (Å²) in [5.74, 6) is 0.490. The quantitative estimate of drug-likeness (QED) is 0.726. The van der Waals surface area contributed by atoms with Crippen molar-refractivity contribution in [3.63, 3.8) is 0 Å². The molecule has 2 aromatic rings. The number of carbonyl (C=O) groups is 1. The van der Waals surface area contributed by atoms with Crippen molar-refractivity contribution in [3.8, 4) is 5.75 Å². The SMILES string of the molecule is CCCOc1ccc(C(=O)NC(=S)Nc2ccc(N3CCOCC3)cc2)cc1. The molecule has 1 amide bonds. The summed E-state index contributed by atoms with van der Waals surface area (Å²) in [5, 5.41) is 6.00. The lowest BCUT2D eigenvalue weighted by molar-refractivity contribution is 0.0977. The van der Waals surface area contributed by atoms with Crippen LogP contribution in [0.25, 0.3) is 0 Å². The minimum atomic E-state index is -0.260. The van der Waals surface area contributed by atoms with Crippen LogP contribution < -0.4 is 20.3 Å². The fraction of sp³-hybridized carbons (Fsp3) is 0.333. The number of nitrogens with one attached hydrogen (secondary N) is 2. The van der Waals surface area contributed by atoms with E-state index >= 15 is 0 Å². The third-order valence-electron chi connectivity index (χ3n) is 4.32. The van der Waals surface area contributed by atoms with E-state index in [9.17, 15) is 4.79 Å². The van der Waals surface area contributed by atoms with E-state index in [1.54, 1.807) is 24.3 Å². The maximum atomic E-state index is 12.3. The molecule has 0 aromatic heterocycles. The summed E-state index contributed by atoms with van der Waals surface area (Å²) in [7, 11) is 0. The standard InChI is InChI=1S/C21H25N3O3S/c1-2-13-27-19-9-3-16(4-10-19)20(25)23-21(28)22-17-5-7-18(8-6-17)24-11-14-26-15-12-24/h3-10H,2,11-15H2,1H3,(H2,22,23,25,28). The number of carbonyl (C=O) groups excluding carboxylic acids is 1. The van der Waals surface area contributed by atoms with E-state index in [-0.39, 0.29) is 11.0 Å². The molecular formula is C21H25N3O3S. The Bertz CT molecular complexity index is 788. The Balaban J connectivity index is 1.51. The lowest BCUT2D eigenvalue weighted by Gasteiger charge is -2.28. The van der Waals surface area contributed by atoms with Gasteiger partial charge in [-0.15, -0.1) is 0 Å². The van der Waals surface area contributed by atoms with Gasteiger partial charge in [0.2, 0.25) is 0 Å². The van der Waals surface area contributed by atoms with Crippen molar-refractivity contribution in [1.82, 2.24) is 5.32 Å². The van der Waals surface area contributed by atoms with Crippen molar-refractivity contribution in [2.45, 2.75) is 13.3 Å². The highest BCUT2D eigenvalue weighted by atomic mass is 32.1. The molecule has 28 heavy (non-hydrogen) atoms. The summed E-state index contributed by atoms with van der Waals surface area (Å²) in [6, 6.07) is 15.0. The number of morpholine rings is 1. The van der Waals surface area contributed by atoms with Crippen molar-refractivity contribution in [3.05, 3.63) is 54.1 Å². The molecule has 6 nitrogen and oxygen atoms in total. The van der Waals surface area contributed by atoms with Crippen molar-refractivity contribution in [1.29, 1.82) is 0 Å². The molecule has 1 aliphatic heterocycles. The van der Waals surface area contributed by atoms with E-state index in [1.807, 2.05) is 31.2 Å². The largest absolute Gasteiger partial charge is 0.494 e. The Labute approximate surface area is 170 Å². The average molecular weight is 400 g/mol. The van der Waals surface area contributed by atoms with Crippen molar-refractivity contribution in [2.75, 3.05) is 43.1 Å². The van der Waals surface area contributed by atoms with Gasteiger partial charge in [-0.1, -0.05) is 6.92 Å². The van der Waals surface area contributed by atoms with Gasteiger partial charge in [0.15, 0.2) is 5.11 Å². The molecule has 1 saturated heterocycles. The molecule has 0 unspecified atom stereocenters. The highest BCUT2D eigenvalue weighted by Gasteiger charge is 2.12. The van der Waals surface area contributed by atoms with Crippen LogP contribution in [0.2, 0.25) is 0 Å². The number of anilines is 2. The summed E-state index contributed by atoms with van der Waals surface area (Å²) in [5.41, 5.74) is 2.50. The normalized spacial score (nSPS) is 13.7. The summed E-state index contributed by atoms with van der Waals surface area (Å²) < 4.78 is 10.9. The third kappa shape index (κ3) is 5.68. The number of thiocarbonyl (C=S) groups is 1. The fourth-order valence-electron chi connectivity index (χ4n) is 2.84. The third-order valence-corrected chi connectivity index (χ3v) is 4.52. The molecule has 3 rings (SSSR count). The first-order valence-corrected chi connectivity index (χ1v) is 9.84. The molecule has 2 N–H and O–H groups in total. The van der Waals surface area contributed by atoms with Crippen LogP contribution in [-0.2, 0) is 4.74 Å². The van der Waals surface area contributed by atoms with Gasteiger partial charge in [0.25, 0.3) is 5.91 Å². The van der Waals surface area contributed by atoms with E-state index < -0.39 is 0 Å². The summed E-state index contributed by atoms with van der Waals surface area (Å²) >= 11 is 5.26. The zero-order valence-corrected chi connectivity index (χ0v) is 16.8. The van der Waals surface area contributed by atoms with Gasteiger partial charge < -0.3 is 19.7 Å². The van der Waals surface area contributed by atoms with Crippen LogP contribution >= 0.6 is 12.2 Å². The topological polar surface area (TPSA) is 62.8 Å². The van der Waals surface area contributed by atoms with Crippen molar-refractivity contribution < 1.29 is 14.3 Å². The molecule has 0 aliphatic carbocycles. The molecule has 0 radical (unpaired) electrons. The number of rotatable bonds is 6. The van der Waals surface area contributed by atoms with Gasteiger partial charge in [-0.2, -0.15) is 0 Å². The van der Waals surface area contributed by atoms with E-state index in [0.717, 1.165) is 49.8 Å². The van der Waals surface area contributed by atoms with E-state index in [1.165, 1.54) is 0 Å². The number of hydrogen-bond donors (Lipinski definition) is 2. The Hall–Kier alpha value is -2.64. The fourth-order valence-corrected chi connectivity index (χ4v) is 3.05. The maximum Gasteiger partial charge on any atom is 0.257 e. The van der Waals surface area contributed by atoms with Crippen LogP contribution in [0.4, 0.5) is 11.4 Å². The van der Waals surface area contributed by atoms with Crippen molar-refractivity contribution in [2.24, 2.45) is 0 Å².